The van der Waals surface area contributed by atoms with Crippen LogP contribution in [-0.2, 0) is 62.9 Å². The molecule has 0 spiro atoms. The fourth-order valence-electron chi connectivity index (χ4n) is 5.06. The van der Waals surface area contributed by atoms with Crippen molar-refractivity contribution in [2.75, 3.05) is 0 Å². The number of aryl methyl sites for hydroxylation is 3. The van der Waals surface area contributed by atoms with E-state index in [1.807, 2.05) is 57.2 Å². The molecule has 0 bridgehead atoms. The molecule has 0 aliphatic carbocycles. The van der Waals surface area contributed by atoms with Crippen molar-refractivity contribution in [1.29, 1.82) is 0 Å². The molecule has 3 rings (SSSR count). The molecule has 0 saturated carbocycles. The minimum atomic E-state index is -3.44. The zero-order valence-corrected chi connectivity index (χ0v) is 28.1. The molecule has 0 fully saturated rings. The van der Waals surface area contributed by atoms with E-state index in [-0.39, 0.29) is 0 Å². The molecular formula is C30H39AlO6P3+3. The van der Waals surface area contributed by atoms with Crippen LogP contribution in [0.2, 0.25) is 0 Å². The fourth-order valence-corrected chi connectivity index (χ4v) is 12.0. The van der Waals surface area contributed by atoms with E-state index in [2.05, 4.69) is 20.8 Å². The quantitative estimate of drug-likeness (QED) is 0.129. The Labute approximate surface area is 246 Å². The minimum absolute atomic E-state index is 0.566. The lowest BCUT2D eigenvalue weighted by Gasteiger charge is -2.06. The Morgan fingerprint density at radius 2 is 0.750 bits per heavy atom. The van der Waals surface area contributed by atoms with Crippen molar-refractivity contribution in [2.45, 2.75) is 80.1 Å². The first-order valence-corrected chi connectivity index (χ1v) is 19.0. The molecule has 6 nitrogen and oxygen atoms in total. The largest absolute Gasteiger partial charge is 1.04 e. The van der Waals surface area contributed by atoms with Crippen molar-refractivity contribution in [3.63, 3.8) is 0 Å². The Bertz CT molecular complexity index is 1210. The van der Waals surface area contributed by atoms with E-state index in [0.29, 0.717) is 35.2 Å². The van der Waals surface area contributed by atoms with Gasteiger partial charge in [-0.15, -0.1) is 0 Å². The van der Waals surface area contributed by atoms with Gasteiger partial charge in [-0.2, -0.15) is 10.7 Å². The van der Waals surface area contributed by atoms with Gasteiger partial charge in [-0.1, -0.05) is 77.9 Å². The summed E-state index contributed by atoms with van der Waals surface area (Å²) in [6.07, 6.45) is 4.46. The van der Waals surface area contributed by atoms with Crippen LogP contribution in [0.3, 0.4) is 0 Å². The maximum Gasteiger partial charge on any atom is 1.04 e. The van der Waals surface area contributed by atoms with Gasteiger partial charge in [-0.25, -0.2) is 0 Å². The summed E-state index contributed by atoms with van der Waals surface area (Å²) in [5.74, 6) is 0. The van der Waals surface area contributed by atoms with Crippen molar-refractivity contribution in [2.24, 2.45) is 0 Å². The number of hydrogen-bond acceptors (Lipinski definition) is 6. The molecule has 40 heavy (non-hydrogen) atoms. The summed E-state index contributed by atoms with van der Waals surface area (Å²) in [5.41, 5.74) is 6.16. The highest BCUT2D eigenvalue weighted by Crippen LogP contribution is 2.37. The maximum absolute atomic E-state index is 13.6. The van der Waals surface area contributed by atoms with E-state index < -0.39 is 39.2 Å². The van der Waals surface area contributed by atoms with Crippen molar-refractivity contribution in [3.05, 3.63) is 88.0 Å². The van der Waals surface area contributed by atoms with Crippen LogP contribution >= 0.6 is 24.1 Å². The molecule has 0 aliphatic rings. The lowest BCUT2D eigenvalue weighted by atomic mass is 10.0. The predicted octanol–water partition coefficient (Wildman–Crippen LogP) is 7.60. The van der Waals surface area contributed by atoms with Gasteiger partial charge in [0.05, 0.1) is 0 Å². The second kappa shape index (κ2) is 16.1. The van der Waals surface area contributed by atoms with E-state index >= 15 is 0 Å². The molecular weight excluding hydrogens is 576 g/mol. The normalized spacial score (nSPS) is 12.3. The van der Waals surface area contributed by atoms with Crippen molar-refractivity contribution in [1.82, 2.24) is 0 Å². The monoisotopic (exact) mass is 615 g/mol. The second-order valence-corrected chi connectivity index (χ2v) is 15.3. The minimum Gasteiger partial charge on any atom is -0.196 e. The molecule has 0 aromatic heterocycles. The van der Waals surface area contributed by atoms with Gasteiger partial charge in [0.1, 0.15) is 0 Å². The lowest BCUT2D eigenvalue weighted by Crippen LogP contribution is -2.25. The Morgan fingerprint density at radius 3 is 0.975 bits per heavy atom. The molecule has 0 aliphatic heterocycles. The number of rotatable bonds is 15. The van der Waals surface area contributed by atoms with Gasteiger partial charge in [-0.3, -0.25) is 0 Å². The van der Waals surface area contributed by atoms with Crippen LogP contribution in [0.25, 0.3) is 0 Å². The Balaban J connectivity index is 1.98. The smallest absolute Gasteiger partial charge is 0.196 e. The third-order valence-corrected chi connectivity index (χ3v) is 13.9. The molecule has 0 heterocycles. The van der Waals surface area contributed by atoms with Gasteiger partial charge >= 0.3 is 39.2 Å². The Hall–Kier alpha value is -1.63. The Morgan fingerprint density at radius 1 is 0.475 bits per heavy atom. The SMILES string of the molecule is CCc1cccc([P+](=O)[O][Al]([O][P+](=O)c2cccc(CC)c2CC)[O][P+](=O)c2cccc(CC)c2CC)c1CC. The summed E-state index contributed by atoms with van der Waals surface area (Å²) in [6, 6.07) is 17.0. The molecule has 0 N–H and O–H groups in total. The van der Waals surface area contributed by atoms with Crippen LogP contribution < -0.4 is 15.9 Å². The topological polar surface area (TPSA) is 78.9 Å². The molecule has 3 aromatic carbocycles. The third-order valence-electron chi connectivity index (χ3n) is 7.08. The van der Waals surface area contributed by atoms with Gasteiger partial charge in [0, 0.05) is 16.7 Å². The first kappa shape index (κ1) is 32.9. The fraction of sp³-hybridized carbons (Fsp3) is 0.400. The average Bonchev–Trinajstić information content (AvgIpc) is 2.99. The first-order chi connectivity index (χ1) is 19.3. The standard InChI is InChI=1S/3C10H13O2P.Al/c3*1-3-8-6-5-7-10(13(11)12)9(8)4-2;/h3*5-7H,3-4H2,1-2H3;/q;;;+3. The zero-order valence-electron chi connectivity index (χ0n) is 24.3. The van der Waals surface area contributed by atoms with Crippen molar-refractivity contribution in [3.8, 4) is 0 Å². The molecule has 3 atom stereocenters. The van der Waals surface area contributed by atoms with Crippen LogP contribution in [-0.4, -0.2) is 15.1 Å². The van der Waals surface area contributed by atoms with Crippen LogP contribution in [0.1, 0.15) is 74.9 Å². The van der Waals surface area contributed by atoms with Crippen LogP contribution in [0.4, 0.5) is 0 Å². The van der Waals surface area contributed by atoms with Gasteiger partial charge in [0.25, 0.3) is 0 Å². The van der Waals surface area contributed by atoms with Crippen molar-refractivity contribution < 1.29 is 24.4 Å². The summed E-state index contributed by atoms with van der Waals surface area (Å²) in [7, 11) is -7.20. The molecule has 210 valence electrons. The average molecular weight is 616 g/mol. The van der Waals surface area contributed by atoms with E-state index in [1.165, 1.54) is 0 Å². The van der Waals surface area contributed by atoms with E-state index in [9.17, 15) is 13.7 Å². The summed E-state index contributed by atoms with van der Waals surface area (Å²) >= 11 is -3.44. The predicted molar refractivity (Wildman–Crippen MR) is 166 cm³/mol. The van der Waals surface area contributed by atoms with Crippen LogP contribution in [0.5, 0.6) is 0 Å². The van der Waals surface area contributed by atoms with Gasteiger partial charge in [0.15, 0.2) is 0 Å². The van der Waals surface area contributed by atoms with Gasteiger partial charge in [-0.05, 0) is 87.1 Å². The molecule has 3 unspecified atom stereocenters. The maximum atomic E-state index is 13.6. The molecule has 0 saturated heterocycles. The van der Waals surface area contributed by atoms with E-state index in [1.54, 1.807) is 18.2 Å². The summed E-state index contributed by atoms with van der Waals surface area (Å²) in [5, 5.41) is 1.70. The highest BCUT2D eigenvalue weighted by atomic mass is 31.1. The molecule has 3 aromatic rings. The van der Waals surface area contributed by atoms with Gasteiger partial charge < -0.3 is 0 Å². The van der Waals surface area contributed by atoms with Crippen LogP contribution in [0.15, 0.2) is 54.6 Å². The van der Waals surface area contributed by atoms with E-state index in [0.717, 1.165) is 52.6 Å². The summed E-state index contributed by atoms with van der Waals surface area (Å²) < 4.78 is 58.7. The second-order valence-electron chi connectivity index (χ2n) is 9.24. The first-order valence-electron chi connectivity index (χ1n) is 14.1. The van der Waals surface area contributed by atoms with Crippen molar-refractivity contribution >= 4 is 55.1 Å². The van der Waals surface area contributed by atoms with E-state index in [4.69, 9.17) is 10.7 Å². The molecule has 0 amide bonds. The lowest BCUT2D eigenvalue weighted by molar-refractivity contribution is 0.330. The summed E-state index contributed by atoms with van der Waals surface area (Å²) in [6.45, 7) is 12.2. The highest BCUT2D eigenvalue weighted by molar-refractivity contribution is 7.53. The summed E-state index contributed by atoms with van der Waals surface area (Å²) in [4.78, 5) is 0. The van der Waals surface area contributed by atoms with Gasteiger partial charge in [0.2, 0.25) is 15.9 Å². The van der Waals surface area contributed by atoms with Crippen LogP contribution in [0, 0.1) is 0 Å². The molecule has 0 radical (unpaired) electrons. The third kappa shape index (κ3) is 7.80. The Kier molecular flexibility index (Phi) is 13.3. The zero-order chi connectivity index (χ0) is 29.2. The molecule has 10 heteroatoms. The number of benzene rings is 3. The highest BCUT2D eigenvalue weighted by Gasteiger charge is 2.58. The number of hydrogen-bond donors (Lipinski definition) is 0.